The molecule has 0 bridgehead atoms. The summed E-state index contributed by atoms with van der Waals surface area (Å²) in [5.41, 5.74) is 2.40. The summed E-state index contributed by atoms with van der Waals surface area (Å²) in [4.78, 5) is 15.9. The van der Waals surface area contributed by atoms with Gasteiger partial charge in [-0.2, -0.15) is 0 Å². The van der Waals surface area contributed by atoms with E-state index in [1.807, 2.05) is 19.1 Å². The normalized spacial score (nSPS) is 13.9. The van der Waals surface area contributed by atoms with Gasteiger partial charge in [-0.3, -0.25) is 9.69 Å². The third kappa shape index (κ3) is 13.7. The Morgan fingerprint density at radius 2 is 1.21 bits per heavy atom. The second-order valence-electron chi connectivity index (χ2n) is 10.8. The SMILES string of the molecule is CCCCCCCC(O)O[C@H](CCCCCCC)CC(=O)[C@H](C)N(Cc1ccccc1)Cc1ccccc1. The highest BCUT2D eigenvalue weighted by Gasteiger charge is 2.26. The topological polar surface area (TPSA) is 49.8 Å². The van der Waals surface area contributed by atoms with Crippen LogP contribution in [0, 0.1) is 0 Å². The molecule has 1 N–H and O–H groups in total. The summed E-state index contributed by atoms with van der Waals surface area (Å²) in [5.74, 6) is 0.186. The number of ketones is 1. The number of rotatable bonds is 22. The molecule has 0 fully saturated rings. The Bertz CT molecular complexity index is 800. The van der Waals surface area contributed by atoms with Crippen molar-refractivity contribution in [1.29, 1.82) is 0 Å². The van der Waals surface area contributed by atoms with Crippen molar-refractivity contribution in [3.8, 4) is 0 Å². The molecule has 0 aliphatic rings. The Balaban J connectivity index is 2.02. The van der Waals surface area contributed by atoms with Crippen LogP contribution in [0.2, 0.25) is 0 Å². The van der Waals surface area contributed by atoms with Crippen LogP contribution in [0.15, 0.2) is 60.7 Å². The average Bonchev–Trinajstić information content (AvgIpc) is 2.93. The predicted octanol–water partition coefficient (Wildman–Crippen LogP) is 8.46. The second kappa shape index (κ2) is 20.0. The quantitative estimate of drug-likeness (QED) is 0.124. The van der Waals surface area contributed by atoms with Crippen LogP contribution in [0.4, 0.5) is 0 Å². The molecule has 0 saturated heterocycles. The number of benzene rings is 2. The summed E-state index contributed by atoms with van der Waals surface area (Å²) in [6, 6.07) is 20.5. The van der Waals surface area contributed by atoms with Gasteiger partial charge in [0, 0.05) is 19.5 Å². The number of Topliss-reactive ketones (excluding diaryl/α,β-unsaturated/α-hetero) is 1. The van der Waals surface area contributed by atoms with Crippen molar-refractivity contribution in [2.75, 3.05) is 0 Å². The molecule has 0 spiro atoms. The standard InChI is InChI=1S/C34H53NO3/c1-4-6-8-10-18-24-32(38-34(37)25-19-11-9-7-5-2)26-33(36)29(3)35(27-30-20-14-12-15-21-30)28-31-22-16-13-17-23-31/h12-17,20-23,29,32,34,37H,4-11,18-19,24-28H2,1-3H3/t29-,32+,34?/m0/s1. The molecule has 212 valence electrons. The molecule has 2 rings (SSSR count). The summed E-state index contributed by atoms with van der Waals surface area (Å²) in [6.45, 7) is 7.88. The van der Waals surface area contributed by atoms with E-state index < -0.39 is 6.29 Å². The first-order valence-corrected chi connectivity index (χ1v) is 15.2. The maximum absolute atomic E-state index is 13.6. The minimum Gasteiger partial charge on any atom is -0.368 e. The zero-order valence-corrected chi connectivity index (χ0v) is 24.3. The van der Waals surface area contributed by atoms with Crippen LogP contribution < -0.4 is 0 Å². The van der Waals surface area contributed by atoms with Gasteiger partial charge in [-0.1, -0.05) is 132 Å². The number of aliphatic hydroxyl groups excluding tert-OH is 1. The van der Waals surface area contributed by atoms with Crippen LogP contribution in [0.25, 0.3) is 0 Å². The van der Waals surface area contributed by atoms with E-state index in [4.69, 9.17) is 4.74 Å². The van der Waals surface area contributed by atoms with Gasteiger partial charge in [-0.15, -0.1) is 0 Å². The molecule has 1 unspecified atom stereocenters. The van der Waals surface area contributed by atoms with E-state index >= 15 is 0 Å². The molecule has 0 heterocycles. The molecular formula is C34H53NO3. The Labute approximate surface area is 232 Å². The lowest BCUT2D eigenvalue weighted by Gasteiger charge is -2.30. The molecule has 3 atom stereocenters. The van der Waals surface area contributed by atoms with Crippen LogP contribution in [0.1, 0.15) is 115 Å². The van der Waals surface area contributed by atoms with E-state index in [9.17, 15) is 9.90 Å². The molecule has 0 saturated carbocycles. The lowest BCUT2D eigenvalue weighted by Crippen LogP contribution is -2.40. The number of carbonyl (C=O) groups is 1. The lowest BCUT2D eigenvalue weighted by molar-refractivity contribution is -0.152. The van der Waals surface area contributed by atoms with Gasteiger partial charge in [-0.05, 0) is 37.3 Å². The number of unbranched alkanes of at least 4 members (excludes halogenated alkanes) is 8. The third-order valence-electron chi connectivity index (χ3n) is 7.43. The molecule has 38 heavy (non-hydrogen) atoms. The summed E-state index contributed by atoms with van der Waals surface area (Å²) in [5, 5.41) is 10.6. The van der Waals surface area contributed by atoms with E-state index in [0.29, 0.717) is 25.9 Å². The number of aliphatic hydroxyl groups is 1. The van der Waals surface area contributed by atoms with Crippen molar-refractivity contribution in [3.05, 3.63) is 71.8 Å². The Morgan fingerprint density at radius 3 is 1.71 bits per heavy atom. The largest absolute Gasteiger partial charge is 0.368 e. The molecule has 0 aromatic heterocycles. The molecule has 2 aromatic carbocycles. The fourth-order valence-corrected chi connectivity index (χ4v) is 4.97. The Hall–Kier alpha value is -2.01. The van der Waals surface area contributed by atoms with E-state index in [1.54, 1.807) is 0 Å². The zero-order valence-electron chi connectivity index (χ0n) is 24.3. The average molecular weight is 524 g/mol. The van der Waals surface area contributed by atoms with E-state index in [2.05, 4.69) is 67.3 Å². The minimum atomic E-state index is -0.787. The first-order valence-electron chi connectivity index (χ1n) is 15.2. The van der Waals surface area contributed by atoms with Crippen LogP contribution in [0.5, 0.6) is 0 Å². The van der Waals surface area contributed by atoms with Gasteiger partial charge in [0.15, 0.2) is 12.1 Å². The number of hydrogen-bond acceptors (Lipinski definition) is 4. The number of hydrogen-bond donors (Lipinski definition) is 1. The van der Waals surface area contributed by atoms with E-state index in [0.717, 1.165) is 32.1 Å². The summed E-state index contributed by atoms with van der Waals surface area (Å²) >= 11 is 0. The van der Waals surface area contributed by atoms with Crippen molar-refractivity contribution in [2.45, 2.75) is 136 Å². The van der Waals surface area contributed by atoms with Crippen LogP contribution >= 0.6 is 0 Å². The molecule has 4 heteroatoms. The zero-order chi connectivity index (χ0) is 27.4. The van der Waals surface area contributed by atoms with Crippen molar-refractivity contribution in [3.63, 3.8) is 0 Å². The van der Waals surface area contributed by atoms with Gasteiger partial charge < -0.3 is 9.84 Å². The van der Waals surface area contributed by atoms with Gasteiger partial charge in [0.1, 0.15) is 0 Å². The molecule has 0 amide bonds. The van der Waals surface area contributed by atoms with Gasteiger partial charge >= 0.3 is 0 Å². The van der Waals surface area contributed by atoms with Crippen molar-refractivity contribution in [2.24, 2.45) is 0 Å². The van der Waals surface area contributed by atoms with E-state index in [1.165, 1.54) is 49.7 Å². The number of ether oxygens (including phenoxy) is 1. The third-order valence-corrected chi connectivity index (χ3v) is 7.43. The predicted molar refractivity (Wildman–Crippen MR) is 159 cm³/mol. The van der Waals surface area contributed by atoms with Gasteiger partial charge in [0.05, 0.1) is 12.1 Å². The van der Waals surface area contributed by atoms with Gasteiger partial charge in [0.2, 0.25) is 0 Å². The lowest BCUT2D eigenvalue weighted by atomic mass is 10.00. The highest BCUT2D eigenvalue weighted by atomic mass is 16.6. The van der Waals surface area contributed by atoms with Crippen LogP contribution in [0.3, 0.4) is 0 Å². The highest BCUT2D eigenvalue weighted by molar-refractivity contribution is 5.84. The molecule has 2 aromatic rings. The van der Waals surface area contributed by atoms with Crippen molar-refractivity contribution >= 4 is 5.78 Å². The molecule has 0 aliphatic heterocycles. The monoisotopic (exact) mass is 523 g/mol. The maximum atomic E-state index is 13.6. The van der Waals surface area contributed by atoms with Crippen LogP contribution in [-0.2, 0) is 22.6 Å². The Morgan fingerprint density at radius 1 is 0.737 bits per heavy atom. The van der Waals surface area contributed by atoms with Crippen molar-refractivity contribution < 1.29 is 14.6 Å². The summed E-state index contributed by atoms with van der Waals surface area (Å²) in [7, 11) is 0. The fraction of sp³-hybridized carbons (Fsp3) is 0.618. The fourth-order valence-electron chi connectivity index (χ4n) is 4.97. The van der Waals surface area contributed by atoms with Gasteiger partial charge in [-0.25, -0.2) is 0 Å². The summed E-state index contributed by atoms with van der Waals surface area (Å²) < 4.78 is 6.12. The minimum absolute atomic E-state index is 0.186. The van der Waals surface area contributed by atoms with E-state index in [-0.39, 0.29) is 17.9 Å². The van der Waals surface area contributed by atoms with Gasteiger partial charge in [0.25, 0.3) is 0 Å². The molecule has 4 nitrogen and oxygen atoms in total. The first kappa shape index (κ1) is 32.2. The number of carbonyl (C=O) groups excluding carboxylic acids is 1. The van der Waals surface area contributed by atoms with Crippen molar-refractivity contribution in [1.82, 2.24) is 4.90 Å². The first-order chi connectivity index (χ1) is 18.5. The van der Waals surface area contributed by atoms with Crippen LogP contribution in [-0.4, -0.2) is 34.2 Å². The second-order valence-corrected chi connectivity index (χ2v) is 10.8. The number of nitrogens with zero attached hydrogens (tertiary/aromatic N) is 1. The molecular weight excluding hydrogens is 470 g/mol. The smallest absolute Gasteiger partial charge is 0.154 e. The maximum Gasteiger partial charge on any atom is 0.154 e. The molecule has 0 radical (unpaired) electrons. The Kier molecular flexibility index (Phi) is 16.9. The summed E-state index contributed by atoms with van der Waals surface area (Å²) in [6.07, 6.45) is 12.4. The highest BCUT2D eigenvalue weighted by Crippen LogP contribution is 2.20. The molecule has 0 aliphatic carbocycles.